The molecule has 0 aliphatic heterocycles. The maximum atomic E-state index is 9.49. The number of nitrogens with zero attached hydrogens (tertiary/aromatic N) is 3. The molecule has 0 atom stereocenters. The van der Waals surface area contributed by atoms with Gasteiger partial charge in [0.1, 0.15) is 5.75 Å². The molecule has 6 aromatic carbocycles. The van der Waals surface area contributed by atoms with E-state index in [1.165, 1.54) is 0 Å². The van der Waals surface area contributed by atoms with Crippen LogP contribution < -0.4 is 14.2 Å². The van der Waals surface area contributed by atoms with E-state index in [0.717, 1.165) is 43.6 Å². The zero-order valence-electron chi connectivity index (χ0n) is 20.4. The summed E-state index contributed by atoms with van der Waals surface area (Å²) in [7, 11) is 0. The summed E-state index contributed by atoms with van der Waals surface area (Å²) < 4.78 is 16.1. The second-order valence-electron chi connectivity index (χ2n) is 8.77. The quantitative estimate of drug-likeness (QED) is 0.221. The van der Waals surface area contributed by atoms with Crippen molar-refractivity contribution in [2.75, 3.05) is 0 Å². The van der Waals surface area contributed by atoms with Crippen molar-refractivity contribution < 1.29 is 14.2 Å². The Morgan fingerprint density at radius 3 is 1.92 bits per heavy atom. The van der Waals surface area contributed by atoms with E-state index in [4.69, 9.17) is 14.2 Å². The summed E-state index contributed by atoms with van der Waals surface area (Å²) in [4.78, 5) is 0. The van der Waals surface area contributed by atoms with Gasteiger partial charge in [-0.05, 0) is 67.9 Å². The Morgan fingerprint density at radius 1 is 0.462 bits per heavy atom. The molecule has 0 aliphatic carbocycles. The number of nitriles is 3. The van der Waals surface area contributed by atoms with Gasteiger partial charge in [-0.15, -0.1) is 15.8 Å². The first-order chi connectivity index (χ1) is 19.2. The van der Waals surface area contributed by atoms with Gasteiger partial charge in [0.2, 0.25) is 0 Å². The summed E-state index contributed by atoms with van der Waals surface area (Å²) in [6.07, 6.45) is 5.37. The molecule has 0 saturated carbocycles. The molecule has 6 aromatic rings. The van der Waals surface area contributed by atoms with Gasteiger partial charge in [0, 0.05) is 10.9 Å². The Labute approximate surface area is 223 Å². The first kappa shape index (κ1) is 23.4. The fourth-order valence-corrected chi connectivity index (χ4v) is 5.23. The molecule has 0 radical (unpaired) electrons. The molecule has 0 aromatic heterocycles. The molecule has 6 heteroatoms. The normalized spacial score (nSPS) is 10.5. The van der Waals surface area contributed by atoms with Crippen LogP contribution in [0.3, 0.4) is 0 Å². The Kier molecular flexibility index (Phi) is 5.87. The summed E-state index contributed by atoms with van der Waals surface area (Å²) in [5.41, 5.74) is 3.18. The van der Waals surface area contributed by atoms with Crippen LogP contribution in [0.15, 0.2) is 103 Å². The molecule has 182 valence electrons. The van der Waals surface area contributed by atoms with Gasteiger partial charge in [0.05, 0.1) is 0 Å². The SMILES string of the molecule is N#COc1cc(-c2ccc(-c3c(OC#N)ccc4ccccc34)c3c(OC#N)cccc23)c2ccccc2c1. The molecule has 0 N–H and O–H groups in total. The van der Waals surface area contributed by atoms with Gasteiger partial charge < -0.3 is 14.2 Å². The maximum Gasteiger partial charge on any atom is 0.292 e. The van der Waals surface area contributed by atoms with E-state index in [1.54, 1.807) is 30.9 Å². The Hall–Kier alpha value is -6.03. The Morgan fingerprint density at radius 2 is 1.13 bits per heavy atom. The fourth-order valence-electron chi connectivity index (χ4n) is 5.23. The number of hydrogen-bond donors (Lipinski definition) is 0. The first-order valence-corrected chi connectivity index (χ1v) is 12.0. The number of rotatable bonds is 5. The molecule has 0 aliphatic rings. The summed E-state index contributed by atoms with van der Waals surface area (Å²) in [6.45, 7) is 0. The van der Waals surface area contributed by atoms with Gasteiger partial charge in [-0.1, -0.05) is 78.9 Å². The molecule has 0 fully saturated rings. The van der Waals surface area contributed by atoms with Crippen molar-refractivity contribution in [3.05, 3.63) is 103 Å². The van der Waals surface area contributed by atoms with Gasteiger partial charge in [-0.3, -0.25) is 0 Å². The summed E-state index contributed by atoms with van der Waals surface area (Å²) >= 11 is 0. The van der Waals surface area contributed by atoms with Crippen LogP contribution in [0.2, 0.25) is 0 Å². The topological polar surface area (TPSA) is 99.1 Å². The largest absolute Gasteiger partial charge is 0.388 e. The van der Waals surface area contributed by atoms with Gasteiger partial charge in [0.25, 0.3) is 18.8 Å². The highest BCUT2D eigenvalue weighted by molar-refractivity contribution is 6.15. The number of ether oxygens (including phenoxy) is 3. The van der Waals surface area contributed by atoms with E-state index in [1.807, 2.05) is 91.0 Å². The minimum Gasteiger partial charge on any atom is -0.388 e. The van der Waals surface area contributed by atoms with E-state index >= 15 is 0 Å². The minimum absolute atomic E-state index is 0.372. The van der Waals surface area contributed by atoms with E-state index < -0.39 is 0 Å². The van der Waals surface area contributed by atoms with Crippen molar-refractivity contribution in [1.29, 1.82) is 15.8 Å². The standard InChI is InChI=1S/C33H17N3O3/c34-18-37-23-16-22-7-2-3-8-24(22)29(17-23)26-13-14-28(33-27(26)10-5-11-30(33)38-19-35)32-25-9-4-1-6-21(25)12-15-31(32)39-20-36/h1-17H. The second kappa shape index (κ2) is 9.79. The molecule has 0 saturated heterocycles. The molecule has 0 heterocycles. The molecule has 0 spiro atoms. The molecule has 6 nitrogen and oxygen atoms in total. The van der Waals surface area contributed by atoms with E-state index in [0.29, 0.717) is 28.2 Å². The molecule has 6 rings (SSSR count). The lowest BCUT2D eigenvalue weighted by Crippen LogP contribution is -1.94. The number of fused-ring (bicyclic) bond motifs is 3. The van der Waals surface area contributed by atoms with Gasteiger partial charge in [0.15, 0.2) is 11.5 Å². The van der Waals surface area contributed by atoms with Crippen LogP contribution >= 0.6 is 0 Å². The summed E-state index contributed by atoms with van der Waals surface area (Å²) in [5.74, 6) is 1.19. The average molecular weight is 504 g/mol. The lowest BCUT2D eigenvalue weighted by Gasteiger charge is -2.18. The van der Waals surface area contributed by atoms with E-state index in [2.05, 4.69) is 0 Å². The van der Waals surface area contributed by atoms with Gasteiger partial charge in [-0.25, -0.2) is 0 Å². The Balaban J connectivity index is 1.75. The summed E-state index contributed by atoms with van der Waals surface area (Å²) in [6, 6.07) is 32.5. The smallest absolute Gasteiger partial charge is 0.292 e. The van der Waals surface area contributed by atoms with Crippen LogP contribution in [-0.4, -0.2) is 0 Å². The lowest BCUT2D eigenvalue weighted by molar-refractivity contribution is 0.508. The van der Waals surface area contributed by atoms with E-state index in [-0.39, 0.29) is 0 Å². The highest BCUT2D eigenvalue weighted by atomic mass is 16.5. The zero-order chi connectivity index (χ0) is 26.8. The van der Waals surface area contributed by atoms with E-state index in [9.17, 15) is 15.8 Å². The fraction of sp³-hybridized carbons (Fsp3) is 0. The highest BCUT2D eigenvalue weighted by Crippen LogP contribution is 2.47. The first-order valence-electron chi connectivity index (χ1n) is 12.0. The molecule has 39 heavy (non-hydrogen) atoms. The third kappa shape index (κ3) is 3.98. The molecule has 0 unspecified atom stereocenters. The molecular weight excluding hydrogens is 486 g/mol. The molecule has 0 bridgehead atoms. The van der Waals surface area contributed by atoms with Crippen LogP contribution in [0.25, 0.3) is 54.6 Å². The molecule has 0 amide bonds. The van der Waals surface area contributed by atoms with Gasteiger partial charge >= 0.3 is 0 Å². The van der Waals surface area contributed by atoms with Crippen LogP contribution in [0.5, 0.6) is 17.2 Å². The van der Waals surface area contributed by atoms with Crippen molar-refractivity contribution in [2.24, 2.45) is 0 Å². The van der Waals surface area contributed by atoms with Crippen molar-refractivity contribution >= 4 is 32.3 Å². The predicted octanol–water partition coefficient (Wildman–Crippen LogP) is 8.06. The van der Waals surface area contributed by atoms with Crippen LogP contribution in [0, 0.1) is 34.6 Å². The van der Waals surface area contributed by atoms with Crippen LogP contribution in [-0.2, 0) is 0 Å². The number of benzene rings is 6. The van der Waals surface area contributed by atoms with Crippen molar-refractivity contribution in [2.45, 2.75) is 0 Å². The number of hydrogen-bond acceptors (Lipinski definition) is 6. The summed E-state index contributed by atoms with van der Waals surface area (Å²) in [5, 5.41) is 33.3. The third-order valence-corrected chi connectivity index (χ3v) is 6.76. The van der Waals surface area contributed by atoms with Crippen LogP contribution in [0.1, 0.15) is 0 Å². The average Bonchev–Trinajstić information content (AvgIpc) is 2.97. The van der Waals surface area contributed by atoms with Crippen molar-refractivity contribution in [1.82, 2.24) is 0 Å². The van der Waals surface area contributed by atoms with Crippen molar-refractivity contribution in [3.63, 3.8) is 0 Å². The zero-order valence-corrected chi connectivity index (χ0v) is 20.4. The van der Waals surface area contributed by atoms with Gasteiger partial charge in [-0.2, -0.15) is 0 Å². The third-order valence-electron chi connectivity index (χ3n) is 6.76. The Bertz CT molecular complexity index is 2050. The second-order valence-corrected chi connectivity index (χ2v) is 8.77. The minimum atomic E-state index is 0.372. The van der Waals surface area contributed by atoms with Crippen molar-refractivity contribution in [3.8, 4) is 58.3 Å². The lowest BCUT2D eigenvalue weighted by atomic mass is 9.88. The molecular formula is C33H17N3O3. The maximum absolute atomic E-state index is 9.49. The van der Waals surface area contributed by atoms with Crippen LogP contribution in [0.4, 0.5) is 0 Å². The monoisotopic (exact) mass is 503 g/mol. The predicted molar refractivity (Wildman–Crippen MR) is 149 cm³/mol. The highest BCUT2D eigenvalue weighted by Gasteiger charge is 2.20.